The number of benzene rings is 2. The van der Waals surface area contributed by atoms with E-state index in [9.17, 15) is 44.3 Å². The minimum absolute atomic E-state index is 0.0213. The summed E-state index contributed by atoms with van der Waals surface area (Å²) >= 11 is 0. The van der Waals surface area contributed by atoms with Crippen molar-refractivity contribution in [3.63, 3.8) is 0 Å². The first-order valence-corrected chi connectivity index (χ1v) is 15.2. The zero-order chi connectivity index (χ0) is 32.1. The minimum Gasteiger partial charge on any atom is -0.494 e. The van der Waals surface area contributed by atoms with Crippen LogP contribution in [-0.2, 0) is 25.2 Å². The van der Waals surface area contributed by atoms with E-state index < -0.39 is 69.5 Å². The summed E-state index contributed by atoms with van der Waals surface area (Å²) in [6.07, 6.45) is -10.3. The van der Waals surface area contributed by atoms with E-state index in [4.69, 9.17) is 4.74 Å². The lowest BCUT2D eigenvalue weighted by Crippen LogP contribution is -2.59. The monoisotopic (exact) mass is 634 g/mol. The Bertz CT molecular complexity index is 1440. The molecule has 0 saturated carbocycles. The van der Waals surface area contributed by atoms with Crippen molar-refractivity contribution >= 4 is 27.4 Å². The number of alkyl halides is 6. The van der Waals surface area contributed by atoms with E-state index in [0.29, 0.717) is 12.8 Å². The number of carbonyl (C=O) groups excluding carboxylic acids is 2. The molecular weight excluding hydrogens is 602 g/mol. The Morgan fingerprint density at radius 1 is 0.977 bits per heavy atom. The van der Waals surface area contributed by atoms with Crippen LogP contribution in [0.1, 0.15) is 62.1 Å². The van der Waals surface area contributed by atoms with Gasteiger partial charge >= 0.3 is 12.4 Å². The minimum atomic E-state index is -5.10. The second-order valence-corrected chi connectivity index (χ2v) is 12.1. The fourth-order valence-corrected chi connectivity index (χ4v) is 5.70. The van der Waals surface area contributed by atoms with Gasteiger partial charge in [-0.05, 0) is 48.6 Å². The Morgan fingerprint density at radius 2 is 1.60 bits per heavy atom. The fourth-order valence-electron chi connectivity index (χ4n) is 4.63. The molecule has 0 fully saturated rings. The van der Waals surface area contributed by atoms with Gasteiger partial charge in [-0.25, -0.2) is 13.1 Å². The molecule has 0 saturated heterocycles. The molecule has 2 N–H and O–H groups in total. The molecule has 7 nitrogen and oxygen atoms in total. The summed E-state index contributed by atoms with van der Waals surface area (Å²) in [7, 11) is -4.18. The van der Waals surface area contributed by atoms with Gasteiger partial charge in [-0.15, -0.1) is 0 Å². The number of halogens is 6. The molecule has 2 aromatic carbocycles. The first-order valence-electron chi connectivity index (χ1n) is 13.5. The quantitative estimate of drug-likeness (QED) is 0.167. The van der Waals surface area contributed by atoms with Gasteiger partial charge in [0.05, 0.1) is 12.4 Å². The van der Waals surface area contributed by atoms with Gasteiger partial charge in [0.1, 0.15) is 11.3 Å². The first-order chi connectivity index (χ1) is 20.0. The van der Waals surface area contributed by atoms with E-state index in [1.54, 1.807) is 19.1 Å². The summed E-state index contributed by atoms with van der Waals surface area (Å²) in [5.41, 5.74) is -3.65. The summed E-state index contributed by atoms with van der Waals surface area (Å²) in [5, 5.41) is 1.91. The Balaban J connectivity index is 2.02. The number of ether oxygens (including phenoxy) is 1. The third kappa shape index (κ3) is 8.74. The fraction of sp³-hybridized carbons (Fsp3) is 0.448. The van der Waals surface area contributed by atoms with Gasteiger partial charge in [0, 0.05) is 12.8 Å². The molecule has 0 unspecified atom stereocenters. The van der Waals surface area contributed by atoms with Crippen molar-refractivity contribution in [1.29, 1.82) is 0 Å². The molecule has 0 aromatic heterocycles. The largest absolute Gasteiger partial charge is 0.494 e. The zero-order valence-corrected chi connectivity index (χ0v) is 24.3. The maximum atomic E-state index is 14.9. The van der Waals surface area contributed by atoms with Crippen LogP contribution in [0.15, 0.2) is 54.1 Å². The van der Waals surface area contributed by atoms with E-state index in [1.165, 1.54) is 12.1 Å². The van der Waals surface area contributed by atoms with Crippen molar-refractivity contribution in [2.75, 3.05) is 12.4 Å². The second-order valence-electron chi connectivity index (χ2n) is 10.3. The van der Waals surface area contributed by atoms with Crippen molar-refractivity contribution in [2.24, 2.45) is 0 Å². The van der Waals surface area contributed by atoms with Gasteiger partial charge in [0.25, 0.3) is 11.8 Å². The van der Waals surface area contributed by atoms with Crippen LogP contribution >= 0.6 is 0 Å². The molecule has 1 aliphatic heterocycles. The number of hydrogen-bond donors (Lipinski definition) is 2. The molecule has 14 heteroatoms. The van der Waals surface area contributed by atoms with Crippen molar-refractivity contribution in [1.82, 2.24) is 10.0 Å². The number of amides is 2. The van der Waals surface area contributed by atoms with Gasteiger partial charge in [0.2, 0.25) is 10.0 Å². The van der Waals surface area contributed by atoms with Crippen LogP contribution in [-0.4, -0.2) is 44.9 Å². The van der Waals surface area contributed by atoms with Gasteiger partial charge in [-0.1, -0.05) is 61.7 Å². The third-order valence-electron chi connectivity index (χ3n) is 6.89. The van der Waals surface area contributed by atoms with Crippen LogP contribution in [0.5, 0.6) is 5.75 Å². The molecule has 0 radical (unpaired) electrons. The van der Waals surface area contributed by atoms with Gasteiger partial charge in [-0.3, -0.25) is 9.59 Å². The number of sulfonamides is 1. The lowest BCUT2D eigenvalue weighted by atomic mass is 9.76. The van der Waals surface area contributed by atoms with Crippen molar-refractivity contribution < 1.29 is 49.1 Å². The third-order valence-corrected chi connectivity index (χ3v) is 8.22. The Hall–Kier alpha value is -3.55. The maximum Gasteiger partial charge on any atom is 0.416 e. The Kier molecular flexibility index (Phi) is 10.6. The Labute approximate surface area is 245 Å². The molecule has 0 bridgehead atoms. The molecule has 1 atom stereocenters. The van der Waals surface area contributed by atoms with Crippen molar-refractivity contribution in [3.05, 3.63) is 70.8 Å². The molecule has 3 rings (SSSR count). The van der Waals surface area contributed by atoms with Crippen LogP contribution < -0.4 is 14.8 Å². The Morgan fingerprint density at radius 3 is 2.16 bits per heavy atom. The highest BCUT2D eigenvalue weighted by atomic mass is 32.2. The van der Waals surface area contributed by atoms with E-state index in [2.05, 4.69) is 0 Å². The van der Waals surface area contributed by atoms with Crippen LogP contribution in [0.25, 0.3) is 5.57 Å². The summed E-state index contributed by atoms with van der Waals surface area (Å²) in [4.78, 5) is 26.5. The van der Waals surface area contributed by atoms with Gasteiger partial charge in [-0.2, -0.15) is 26.3 Å². The lowest BCUT2D eigenvalue weighted by molar-refractivity contribution is -0.201. The molecule has 0 spiro atoms. The number of aryl methyl sites for hydroxylation is 1. The summed E-state index contributed by atoms with van der Waals surface area (Å²) in [6, 6.07) is 10.4. The van der Waals surface area contributed by atoms with Crippen LogP contribution in [0, 0.1) is 6.92 Å². The standard InChI is InChI=1S/C29H32F6N2O5S/c1-3-4-5-17-43(40,41)37-26(39)24-23(20-9-7-19(2)8-10-20)18-27(29(33,34)35,36-25(24)38)21-11-13-22(14-12-21)42-16-6-15-28(30,31)32/h7-14H,3-6,15-18H2,1-2H3,(H,36,38)(H,37,39)/t27-/m0/s1. The molecular formula is C29H32F6N2O5S. The molecule has 1 heterocycles. The molecule has 1 aliphatic rings. The summed E-state index contributed by atoms with van der Waals surface area (Å²) in [5.74, 6) is -3.15. The van der Waals surface area contributed by atoms with Gasteiger partial charge < -0.3 is 10.1 Å². The van der Waals surface area contributed by atoms with Crippen LogP contribution in [0.4, 0.5) is 26.3 Å². The van der Waals surface area contributed by atoms with E-state index in [1.807, 2.05) is 17.0 Å². The number of rotatable bonds is 12. The topological polar surface area (TPSA) is 102 Å². The number of unbranched alkanes of at least 4 members (excludes halogenated alkanes) is 2. The van der Waals surface area contributed by atoms with Crippen LogP contribution in [0.2, 0.25) is 0 Å². The maximum absolute atomic E-state index is 14.9. The highest BCUT2D eigenvalue weighted by Gasteiger charge is 2.60. The average molecular weight is 635 g/mol. The SMILES string of the molecule is CCCCCS(=O)(=O)NC(=O)C1=C(c2ccc(C)cc2)C[C@](c2ccc(OCCCC(F)(F)F)cc2)(C(F)(F)F)NC1=O. The number of hydrogen-bond acceptors (Lipinski definition) is 5. The molecule has 2 amide bonds. The normalized spacial score (nSPS) is 17.9. The molecule has 236 valence electrons. The molecule has 43 heavy (non-hydrogen) atoms. The predicted molar refractivity (Wildman–Crippen MR) is 147 cm³/mol. The number of carbonyl (C=O) groups is 2. The zero-order valence-electron chi connectivity index (χ0n) is 23.5. The van der Waals surface area contributed by atoms with E-state index in [-0.39, 0.29) is 36.3 Å². The summed E-state index contributed by atoms with van der Waals surface area (Å²) < 4.78 is 114. The highest BCUT2D eigenvalue weighted by Crippen LogP contribution is 2.48. The summed E-state index contributed by atoms with van der Waals surface area (Å²) in [6.45, 7) is 3.26. The van der Waals surface area contributed by atoms with Crippen LogP contribution in [0.3, 0.4) is 0 Å². The van der Waals surface area contributed by atoms with Crippen molar-refractivity contribution in [2.45, 2.75) is 70.3 Å². The lowest BCUT2D eigenvalue weighted by Gasteiger charge is -2.41. The molecule has 0 aliphatic carbocycles. The van der Waals surface area contributed by atoms with Gasteiger partial charge in [0.15, 0.2) is 5.54 Å². The smallest absolute Gasteiger partial charge is 0.416 e. The predicted octanol–water partition coefficient (Wildman–Crippen LogP) is 6.08. The average Bonchev–Trinajstić information content (AvgIpc) is 2.90. The first kappa shape index (κ1) is 33.9. The highest BCUT2D eigenvalue weighted by molar-refractivity contribution is 7.90. The van der Waals surface area contributed by atoms with E-state index >= 15 is 0 Å². The van der Waals surface area contributed by atoms with Crippen molar-refractivity contribution in [3.8, 4) is 5.75 Å². The number of nitrogens with one attached hydrogen (secondary N) is 2. The van der Waals surface area contributed by atoms with E-state index in [0.717, 1.165) is 29.8 Å². The molecule has 2 aromatic rings. The second kappa shape index (κ2) is 13.4.